The first-order valence-corrected chi connectivity index (χ1v) is 12.7. The summed E-state index contributed by atoms with van der Waals surface area (Å²) in [5, 5.41) is 0. The molecule has 2 aliphatic carbocycles. The van der Waals surface area contributed by atoms with Gasteiger partial charge in [0.1, 0.15) is 11.7 Å². The van der Waals surface area contributed by atoms with Gasteiger partial charge in [-0.05, 0) is 49.7 Å². The van der Waals surface area contributed by atoms with Crippen LogP contribution in [-0.2, 0) is 19.6 Å². The Balaban J connectivity index is 1.64. The molecule has 30 heavy (non-hydrogen) atoms. The van der Waals surface area contributed by atoms with Crippen LogP contribution >= 0.6 is 15.9 Å². The molecule has 3 aliphatic rings. The number of sulfonamides is 1. The van der Waals surface area contributed by atoms with Crippen LogP contribution < -0.4 is 0 Å². The van der Waals surface area contributed by atoms with Crippen molar-refractivity contribution >= 4 is 43.4 Å². The van der Waals surface area contributed by atoms with Gasteiger partial charge in [0, 0.05) is 21.9 Å². The fraction of sp³-hybridized carbons (Fsp3) is 0.591. The van der Waals surface area contributed by atoms with E-state index in [0.29, 0.717) is 17.9 Å². The minimum absolute atomic E-state index is 0.0504. The van der Waals surface area contributed by atoms with Crippen molar-refractivity contribution in [3.05, 3.63) is 34.3 Å². The van der Waals surface area contributed by atoms with Crippen LogP contribution in [0.5, 0.6) is 0 Å². The molecule has 0 N–H and O–H groups in total. The van der Waals surface area contributed by atoms with Crippen LogP contribution in [-0.4, -0.2) is 42.0 Å². The van der Waals surface area contributed by atoms with Gasteiger partial charge in [0.05, 0.1) is 11.8 Å². The van der Waals surface area contributed by atoms with E-state index in [4.69, 9.17) is 0 Å². The van der Waals surface area contributed by atoms with E-state index in [1.165, 1.54) is 6.92 Å². The second-order valence-corrected chi connectivity index (χ2v) is 12.3. The molecule has 8 heteroatoms. The summed E-state index contributed by atoms with van der Waals surface area (Å²) in [4.78, 5) is 38.5. The van der Waals surface area contributed by atoms with E-state index in [2.05, 4.69) is 29.8 Å². The van der Waals surface area contributed by atoms with E-state index in [9.17, 15) is 22.8 Å². The number of rotatable bonds is 5. The Bertz CT molecular complexity index is 1030. The molecule has 1 aromatic rings. The van der Waals surface area contributed by atoms with Gasteiger partial charge in [0.25, 0.3) is 0 Å². The van der Waals surface area contributed by atoms with Crippen molar-refractivity contribution in [3.63, 3.8) is 0 Å². The topological polar surface area (TPSA) is 88.6 Å². The quantitative estimate of drug-likeness (QED) is 0.459. The maximum Gasteiger partial charge on any atom is 0.247 e. The molecule has 1 aliphatic heterocycles. The first-order chi connectivity index (χ1) is 13.9. The lowest BCUT2D eigenvalue weighted by Crippen LogP contribution is -2.47. The van der Waals surface area contributed by atoms with Crippen LogP contribution in [0.3, 0.4) is 0 Å². The average molecular weight is 496 g/mol. The number of ketones is 2. The molecule has 1 amide bonds. The smallest absolute Gasteiger partial charge is 0.247 e. The lowest BCUT2D eigenvalue weighted by Gasteiger charge is -2.37. The Hall–Kier alpha value is -1.54. The molecule has 2 bridgehead atoms. The van der Waals surface area contributed by atoms with E-state index in [1.54, 1.807) is 24.3 Å². The number of nitrogens with zero attached hydrogens (tertiary/aromatic N) is 1. The number of halogens is 1. The Morgan fingerprint density at radius 1 is 1.20 bits per heavy atom. The fourth-order valence-corrected chi connectivity index (χ4v) is 8.92. The maximum absolute atomic E-state index is 13.4. The van der Waals surface area contributed by atoms with Crippen molar-refractivity contribution in [2.24, 2.45) is 22.7 Å². The molecule has 0 aromatic heterocycles. The highest BCUT2D eigenvalue weighted by molar-refractivity contribution is 9.10. The molecular formula is C22H26BrNO5S. The van der Waals surface area contributed by atoms with Crippen LogP contribution in [0.25, 0.3) is 0 Å². The molecule has 162 valence electrons. The van der Waals surface area contributed by atoms with Gasteiger partial charge >= 0.3 is 0 Å². The van der Waals surface area contributed by atoms with Crippen LogP contribution in [0, 0.1) is 22.7 Å². The second kappa shape index (κ2) is 6.99. The highest BCUT2D eigenvalue weighted by Crippen LogP contribution is 2.70. The predicted octanol–water partition coefficient (Wildman–Crippen LogP) is 3.59. The molecule has 6 nitrogen and oxygen atoms in total. The monoisotopic (exact) mass is 495 g/mol. The summed E-state index contributed by atoms with van der Waals surface area (Å²) in [5.41, 5.74) is -0.235. The standard InChI is InChI=1S/C22H26BrNO5S/c1-13(25)17(11-18(26)14-4-6-16(23)7-5-14)20(27)24-19-10-15-8-9-22(19,21(15,2)3)12-30(24,28)29/h4-7,15,17,19H,8-12H2,1-3H3/t15-,17-,19-,22-/m1/s1. The lowest BCUT2D eigenvalue weighted by atomic mass is 9.69. The van der Waals surface area contributed by atoms with Crippen molar-refractivity contribution in [1.82, 2.24) is 4.31 Å². The first kappa shape index (κ1) is 21.7. The molecule has 3 fully saturated rings. The SMILES string of the molecule is CC(=O)[C@@H](CC(=O)c1ccc(Br)cc1)C(=O)N1[C@@H]2C[C@H]3CC[C@]2(CS1(=O)=O)C3(C)C. The van der Waals surface area contributed by atoms with Gasteiger partial charge in [-0.1, -0.05) is 41.9 Å². The van der Waals surface area contributed by atoms with E-state index < -0.39 is 39.1 Å². The van der Waals surface area contributed by atoms with Gasteiger partial charge in [0.2, 0.25) is 15.9 Å². The first-order valence-electron chi connectivity index (χ1n) is 10.3. The van der Waals surface area contributed by atoms with Gasteiger partial charge < -0.3 is 0 Å². The van der Waals surface area contributed by atoms with Gasteiger partial charge in [-0.25, -0.2) is 12.7 Å². The van der Waals surface area contributed by atoms with E-state index in [-0.39, 0.29) is 23.4 Å². The Morgan fingerprint density at radius 2 is 1.83 bits per heavy atom. The molecule has 4 rings (SSSR count). The molecule has 2 saturated carbocycles. The van der Waals surface area contributed by atoms with Gasteiger partial charge in [-0.3, -0.25) is 14.4 Å². The minimum Gasteiger partial charge on any atom is -0.299 e. The highest BCUT2D eigenvalue weighted by Gasteiger charge is 2.72. The second-order valence-electron chi connectivity index (χ2n) is 9.55. The van der Waals surface area contributed by atoms with E-state index in [0.717, 1.165) is 21.6 Å². The van der Waals surface area contributed by atoms with E-state index >= 15 is 0 Å². The fourth-order valence-electron chi connectivity index (χ4n) is 6.08. The predicted molar refractivity (Wildman–Crippen MR) is 115 cm³/mol. The summed E-state index contributed by atoms with van der Waals surface area (Å²) >= 11 is 3.31. The summed E-state index contributed by atoms with van der Waals surface area (Å²) in [6.07, 6.45) is 2.07. The molecule has 1 aromatic carbocycles. The molecule has 0 unspecified atom stereocenters. The summed E-state index contributed by atoms with van der Waals surface area (Å²) in [5.74, 6) is -2.54. The third-order valence-corrected chi connectivity index (χ3v) is 10.4. The Morgan fingerprint density at radius 3 is 2.40 bits per heavy atom. The number of fused-ring (bicyclic) bond motifs is 1. The number of hydrogen-bond acceptors (Lipinski definition) is 5. The summed E-state index contributed by atoms with van der Waals surface area (Å²) in [6, 6.07) is 6.25. The number of Topliss-reactive ketones (excluding diaryl/α,β-unsaturated/α-hetero) is 2. The van der Waals surface area contributed by atoms with Crippen LogP contribution in [0.4, 0.5) is 0 Å². The molecule has 1 heterocycles. The number of hydrogen-bond donors (Lipinski definition) is 0. The highest BCUT2D eigenvalue weighted by atomic mass is 79.9. The van der Waals surface area contributed by atoms with Crippen molar-refractivity contribution in [2.45, 2.75) is 52.5 Å². The average Bonchev–Trinajstić information content (AvgIpc) is 3.13. The zero-order valence-corrected chi connectivity index (χ0v) is 19.8. The van der Waals surface area contributed by atoms with Crippen LogP contribution in [0.1, 0.15) is 56.8 Å². The number of carbonyl (C=O) groups excluding carboxylic acids is 3. The lowest BCUT2D eigenvalue weighted by molar-refractivity contribution is -0.138. The molecule has 0 radical (unpaired) electrons. The van der Waals surface area contributed by atoms with Crippen molar-refractivity contribution in [3.8, 4) is 0 Å². The Kier molecular flexibility index (Phi) is 5.05. The summed E-state index contributed by atoms with van der Waals surface area (Å²) < 4.78 is 28.0. The zero-order valence-electron chi connectivity index (χ0n) is 17.4. The molecule has 4 atom stereocenters. The minimum atomic E-state index is -3.83. The maximum atomic E-state index is 13.4. The van der Waals surface area contributed by atoms with Gasteiger partial charge in [-0.2, -0.15) is 0 Å². The number of amides is 1. The van der Waals surface area contributed by atoms with Crippen molar-refractivity contribution in [1.29, 1.82) is 0 Å². The third kappa shape index (κ3) is 3.01. The third-order valence-electron chi connectivity index (χ3n) is 7.97. The van der Waals surface area contributed by atoms with Gasteiger partial charge in [-0.15, -0.1) is 0 Å². The number of benzene rings is 1. The Labute approximate surface area is 185 Å². The summed E-state index contributed by atoms with van der Waals surface area (Å²) in [6.45, 7) is 5.46. The summed E-state index contributed by atoms with van der Waals surface area (Å²) in [7, 11) is -3.83. The van der Waals surface area contributed by atoms with Crippen molar-refractivity contribution in [2.75, 3.05) is 5.75 Å². The van der Waals surface area contributed by atoms with E-state index in [1.807, 2.05) is 0 Å². The molecule has 1 saturated heterocycles. The number of carbonyl (C=O) groups is 3. The van der Waals surface area contributed by atoms with Crippen LogP contribution in [0.15, 0.2) is 28.7 Å². The van der Waals surface area contributed by atoms with Crippen LogP contribution in [0.2, 0.25) is 0 Å². The van der Waals surface area contributed by atoms with Gasteiger partial charge in [0.15, 0.2) is 5.78 Å². The van der Waals surface area contributed by atoms with Crippen molar-refractivity contribution < 1.29 is 22.8 Å². The zero-order chi connectivity index (χ0) is 22.1. The molecule has 1 spiro atoms. The molecular weight excluding hydrogens is 470 g/mol. The normalized spacial score (nSPS) is 31.4. The largest absolute Gasteiger partial charge is 0.299 e.